The summed E-state index contributed by atoms with van der Waals surface area (Å²) >= 11 is 3.13. The molecule has 0 N–H and O–H groups in total. The Bertz CT molecular complexity index is 552. The smallest absolute Gasteiger partial charge is 0.217 e. The second kappa shape index (κ2) is 3.87. The molecule has 0 aliphatic carbocycles. The number of hydrogen-bond acceptors (Lipinski definition) is 2. The molecule has 0 radical (unpaired) electrons. The fourth-order valence-electron chi connectivity index (χ4n) is 2.11. The highest BCUT2D eigenvalue weighted by Gasteiger charge is 2.34. The van der Waals surface area contributed by atoms with Crippen LogP contribution in [0.1, 0.15) is 30.0 Å². The van der Waals surface area contributed by atoms with Gasteiger partial charge in [0.2, 0.25) is 4.73 Å². The van der Waals surface area contributed by atoms with Gasteiger partial charge in [0.25, 0.3) is 0 Å². The van der Waals surface area contributed by atoms with E-state index >= 15 is 0 Å². The zero-order valence-electron chi connectivity index (χ0n) is 8.65. The largest absolute Gasteiger partial charge is 0.239 e. The van der Waals surface area contributed by atoms with Crippen molar-refractivity contribution in [3.8, 4) is 0 Å². The lowest BCUT2D eigenvalue weighted by atomic mass is 10.0. The van der Waals surface area contributed by atoms with E-state index in [4.69, 9.17) is 0 Å². The summed E-state index contributed by atoms with van der Waals surface area (Å²) < 4.78 is 28.5. The molecule has 3 nitrogen and oxygen atoms in total. The van der Waals surface area contributed by atoms with E-state index in [1.165, 1.54) is 12.1 Å². The molecule has 1 aromatic carbocycles. The van der Waals surface area contributed by atoms with Crippen molar-refractivity contribution >= 4 is 15.9 Å². The minimum atomic E-state index is -1.12. The maximum atomic E-state index is 13.7. The van der Waals surface area contributed by atoms with Gasteiger partial charge in [0, 0.05) is 6.42 Å². The fraction of sp³-hybridized carbons (Fsp3) is 0.273. The lowest BCUT2D eigenvalue weighted by Crippen LogP contribution is -2.07. The maximum absolute atomic E-state index is 13.7. The summed E-state index contributed by atoms with van der Waals surface area (Å²) in [6, 6.07) is 5.83. The fourth-order valence-corrected chi connectivity index (χ4v) is 2.47. The van der Waals surface area contributed by atoms with E-state index in [1.807, 2.05) is 0 Å². The molecule has 0 unspecified atom stereocenters. The molecule has 0 spiro atoms. The first-order valence-corrected chi connectivity index (χ1v) is 5.96. The van der Waals surface area contributed by atoms with E-state index in [9.17, 15) is 8.78 Å². The third kappa shape index (κ3) is 1.76. The van der Waals surface area contributed by atoms with Crippen LogP contribution in [0.15, 0.2) is 29.0 Å². The van der Waals surface area contributed by atoms with Crippen LogP contribution in [0, 0.1) is 5.82 Å². The summed E-state index contributed by atoms with van der Waals surface area (Å²) in [6.45, 7) is 0. The van der Waals surface area contributed by atoms with Crippen LogP contribution in [0.3, 0.4) is 0 Å². The number of aromatic nitrogens is 3. The van der Waals surface area contributed by atoms with Gasteiger partial charge in [0.05, 0.1) is 6.04 Å². The molecule has 0 fully saturated rings. The summed E-state index contributed by atoms with van der Waals surface area (Å²) in [6.07, 6.45) is -0.822. The zero-order valence-corrected chi connectivity index (χ0v) is 10.2. The van der Waals surface area contributed by atoms with Crippen molar-refractivity contribution in [3.63, 3.8) is 0 Å². The summed E-state index contributed by atoms with van der Waals surface area (Å²) in [7, 11) is 0. The van der Waals surface area contributed by atoms with Crippen LogP contribution in [0.5, 0.6) is 0 Å². The number of fused-ring (bicyclic) bond motifs is 1. The predicted molar refractivity (Wildman–Crippen MR) is 60.7 cm³/mol. The standard InChI is InChI=1S/C11H8BrF2N3/c12-11-15-10-8(14)5-9(17(10)16-11)6-1-3-7(13)4-2-6/h1-4,8-9H,5H2/t8-,9-/m0/s1. The van der Waals surface area contributed by atoms with Crippen LogP contribution >= 0.6 is 15.9 Å². The Kier molecular flexibility index (Phi) is 2.47. The maximum Gasteiger partial charge on any atom is 0.217 e. The summed E-state index contributed by atoms with van der Waals surface area (Å²) in [4.78, 5) is 3.98. The monoisotopic (exact) mass is 299 g/mol. The Morgan fingerprint density at radius 1 is 1.29 bits per heavy atom. The van der Waals surface area contributed by atoms with E-state index < -0.39 is 6.17 Å². The number of alkyl halides is 1. The third-order valence-electron chi connectivity index (χ3n) is 2.89. The van der Waals surface area contributed by atoms with Crippen molar-refractivity contribution in [1.29, 1.82) is 0 Å². The quantitative estimate of drug-likeness (QED) is 0.810. The van der Waals surface area contributed by atoms with Crippen molar-refractivity contribution in [2.75, 3.05) is 0 Å². The van der Waals surface area contributed by atoms with Gasteiger partial charge in [-0.25, -0.2) is 18.4 Å². The van der Waals surface area contributed by atoms with Crippen molar-refractivity contribution in [2.45, 2.75) is 18.6 Å². The average Bonchev–Trinajstić information content (AvgIpc) is 2.80. The highest BCUT2D eigenvalue weighted by atomic mass is 79.9. The molecule has 0 saturated carbocycles. The zero-order chi connectivity index (χ0) is 12.0. The highest BCUT2D eigenvalue weighted by Crippen LogP contribution is 2.39. The van der Waals surface area contributed by atoms with E-state index in [-0.39, 0.29) is 11.9 Å². The predicted octanol–water partition coefficient (Wildman–Crippen LogP) is 3.18. The molecule has 1 aromatic heterocycles. The molecule has 2 aromatic rings. The summed E-state index contributed by atoms with van der Waals surface area (Å²) in [5, 5.41) is 4.11. The van der Waals surface area contributed by atoms with Gasteiger partial charge in [-0.1, -0.05) is 12.1 Å². The molecule has 0 saturated heterocycles. The Labute approximate surface area is 105 Å². The molecule has 1 aliphatic rings. The molecular weight excluding hydrogens is 292 g/mol. The van der Waals surface area contributed by atoms with Crippen LogP contribution in [0.25, 0.3) is 0 Å². The van der Waals surface area contributed by atoms with Gasteiger partial charge in [-0.3, -0.25) is 0 Å². The van der Waals surface area contributed by atoms with Crippen molar-refractivity contribution in [3.05, 3.63) is 46.2 Å². The van der Waals surface area contributed by atoms with Gasteiger partial charge in [0.15, 0.2) is 12.0 Å². The molecule has 0 amide bonds. The average molecular weight is 300 g/mol. The number of hydrogen-bond donors (Lipinski definition) is 0. The Morgan fingerprint density at radius 3 is 2.71 bits per heavy atom. The van der Waals surface area contributed by atoms with Crippen molar-refractivity contribution < 1.29 is 8.78 Å². The molecule has 3 rings (SSSR count). The first-order chi connectivity index (χ1) is 8.15. The van der Waals surface area contributed by atoms with Crippen LogP contribution in [-0.4, -0.2) is 14.8 Å². The van der Waals surface area contributed by atoms with Crippen LogP contribution < -0.4 is 0 Å². The number of halogens is 3. The van der Waals surface area contributed by atoms with E-state index in [1.54, 1.807) is 16.8 Å². The first-order valence-electron chi connectivity index (χ1n) is 5.16. The highest BCUT2D eigenvalue weighted by molar-refractivity contribution is 9.10. The molecule has 2 heterocycles. The first kappa shape index (κ1) is 10.8. The third-order valence-corrected chi connectivity index (χ3v) is 3.23. The number of nitrogens with zero attached hydrogens (tertiary/aromatic N) is 3. The van der Waals surface area contributed by atoms with E-state index in [0.29, 0.717) is 17.0 Å². The van der Waals surface area contributed by atoms with Gasteiger partial charge in [-0.05, 0) is 33.6 Å². The van der Waals surface area contributed by atoms with E-state index in [2.05, 4.69) is 26.0 Å². The van der Waals surface area contributed by atoms with Crippen LogP contribution in [-0.2, 0) is 0 Å². The number of benzene rings is 1. The van der Waals surface area contributed by atoms with Crippen molar-refractivity contribution in [2.24, 2.45) is 0 Å². The second-order valence-corrected chi connectivity index (χ2v) is 4.66. The Morgan fingerprint density at radius 2 is 2.00 bits per heavy atom. The van der Waals surface area contributed by atoms with Gasteiger partial charge < -0.3 is 0 Å². The van der Waals surface area contributed by atoms with Crippen LogP contribution in [0.4, 0.5) is 8.78 Å². The van der Waals surface area contributed by atoms with E-state index in [0.717, 1.165) is 5.56 Å². The molecule has 0 bridgehead atoms. The lowest BCUT2D eigenvalue weighted by molar-refractivity contribution is 0.328. The van der Waals surface area contributed by atoms with Gasteiger partial charge in [-0.2, -0.15) is 0 Å². The molecule has 1 aliphatic heterocycles. The number of rotatable bonds is 1. The minimum Gasteiger partial charge on any atom is -0.239 e. The Balaban J connectivity index is 2.03. The molecule has 6 heteroatoms. The topological polar surface area (TPSA) is 30.7 Å². The van der Waals surface area contributed by atoms with Gasteiger partial charge >= 0.3 is 0 Å². The molecule has 17 heavy (non-hydrogen) atoms. The Hall–Kier alpha value is -1.30. The minimum absolute atomic E-state index is 0.209. The molecular formula is C11H8BrF2N3. The van der Waals surface area contributed by atoms with Crippen molar-refractivity contribution in [1.82, 2.24) is 14.8 Å². The SMILES string of the molecule is Fc1ccc([C@@H]2C[C@H](F)c3nc(Br)nn32)cc1. The normalized spacial score (nSPS) is 22.8. The van der Waals surface area contributed by atoms with Crippen LogP contribution in [0.2, 0.25) is 0 Å². The molecule has 2 atom stereocenters. The summed E-state index contributed by atoms with van der Waals surface area (Å²) in [5.41, 5.74) is 0.838. The molecule has 88 valence electrons. The van der Waals surface area contributed by atoms with Gasteiger partial charge in [0.1, 0.15) is 5.82 Å². The van der Waals surface area contributed by atoms with Gasteiger partial charge in [-0.15, -0.1) is 5.10 Å². The lowest BCUT2D eigenvalue weighted by Gasteiger charge is -2.11. The summed E-state index contributed by atoms with van der Waals surface area (Å²) in [5.74, 6) is 0.0229. The second-order valence-electron chi connectivity index (χ2n) is 3.95.